The molecule has 3 rings (SSSR count). The predicted octanol–water partition coefficient (Wildman–Crippen LogP) is 3.76. The van der Waals surface area contributed by atoms with Crippen LogP contribution in [0.15, 0.2) is 52.8 Å². The van der Waals surface area contributed by atoms with Crippen LogP contribution in [0.25, 0.3) is 0 Å². The Kier molecular flexibility index (Phi) is 11.5. The van der Waals surface area contributed by atoms with E-state index in [0.717, 1.165) is 50.9 Å². The Morgan fingerprint density at radius 3 is 2.80 bits per heavy atom. The highest BCUT2D eigenvalue weighted by Crippen LogP contribution is 2.26. The Labute approximate surface area is 201 Å². The predicted molar refractivity (Wildman–Crippen MR) is 135 cm³/mol. The van der Waals surface area contributed by atoms with Gasteiger partial charge in [-0.1, -0.05) is 24.3 Å². The molecule has 2 unspecified atom stereocenters. The maximum Gasteiger partial charge on any atom is 0.191 e. The molecule has 0 saturated carbocycles. The van der Waals surface area contributed by atoms with Gasteiger partial charge in [0.25, 0.3) is 0 Å². The molecular weight excluding hydrogens is 511 g/mol. The fraction of sp³-hybridized carbons (Fsp3) is 0.500. The number of benzene rings is 1. The van der Waals surface area contributed by atoms with Gasteiger partial charge in [0.05, 0.1) is 25.4 Å². The summed E-state index contributed by atoms with van der Waals surface area (Å²) in [5, 5.41) is 9.03. The van der Waals surface area contributed by atoms with E-state index in [1.807, 2.05) is 48.7 Å². The Balaban J connectivity index is 0.00000320. The molecule has 0 amide bonds. The molecule has 0 bridgehead atoms. The monoisotopic (exact) mass is 544 g/mol. The van der Waals surface area contributed by atoms with Crippen molar-refractivity contribution in [3.63, 3.8) is 0 Å². The lowest BCUT2D eigenvalue weighted by Gasteiger charge is -2.37. The maximum absolute atomic E-state index is 5.74. The summed E-state index contributed by atoms with van der Waals surface area (Å²) in [6.07, 6.45) is 1.18. The fourth-order valence-electron chi connectivity index (χ4n) is 3.42. The summed E-state index contributed by atoms with van der Waals surface area (Å²) in [4.78, 5) is 8.25. The van der Waals surface area contributed by atoms with Crippen molar-refractivity contribution >= 4 is 41.3 Å². The second-order valence-corrected chi connectivity index (χ2v) is 8.08. The van der Waals surface area contributed by atoms with Crippen LogP contribution in [0.5, 0.6) is 5.75 Å². The smallest absolute Gasteiger partial charge is 0.191 e. The Morgan fingerprint density at radius 1 is 1.27 bits per heavy atom. The van der Waals surface area contributed by atoms with E-state index in [9.17, 15) is 0 Å². The molecule has 1 aliphatic heterocycles. The van der Waals surface area contributed by atoms with E-state index in [1.165, 1.54) is 4.88 Å². The van der Waals surface area contributed by atoms with E-state index in [1.54, 1.807) is 0 Å². The highest BCUT2D eigenvalue weighted by molar-refractivity contribution is 14.0. The largest absolute Gasteiger partial charge is 0.494 e. The quantitative estimate of drug-likeness (QED) is 0.218. The van der Waals surface area contributed by atoms with E-state index in [0.29, 0.717) is 12.6 Å². The molecule has 0 radical (unpaired) electrons. The molecule has 1 aromatic carbocycles. The molecule has 2 aromatic rings. The molecule has 1 aliphatic rings. The summed E-state index contributed by atoms with van der Waals surface area (Å²) in [7, 11) is 1.81. The molecule has 1 fully saturated rings. The standard InChI is InChI=1S/C22H32N4O2S.HI/c1-18-17-26(12-14-27-18)20(21-10-6-15-29-21)16-25-22(23-2)24-11-7-13-28-19-8-4-3-5-9-19;/h3-6,8-10,15,18,20H,7,11-14,16-17H2,1-2H3,(H2,23,24,25);1H. The number of rotatable bonds is 9. The lowest BCUT2D eigenvalue weighted by molar-refractivity contribution is -0.0334. The van der Waals surface area contributed by atoms with Crippen molar-refractivity contribution in [2.45, 2.75) is 25.5 Å². The summed E-state index contributed by atoms with van der Waals surface area (Å²) in [5.41, 5.74) is 0. The first kappa shape index (κ1) is 24.9. The first-order valence-corrected chi connectivity index (χ1v) is 11.2. The molecule has 2 N–H and O–H groups in total. The van der Waals surface area contributed by atoms with Gasteiger partial charge in [-0.2, -0.15) is 0 Å². The normalized spacial score (nSPS) is 18.3. The van der Waals surface area contributed by atoms with Crippen LogP contribution in [-0.2, 0) is 4.74 Å². The van der Waals surface area contributed by atoms with Crippen LogP contribution < -0.4 is 15.4 Å². The molecular formula is C22H33IN4O2S. The summed E-state index contributed by atoms with van der Waals surface area (Å²) in [6.45, 7) is 7.14. The first-order chi connectivity index (χ1) is 14.3. The second-order valence-electron chi connectivity index (χ2n) is 7.10. The summed E-state index contributed by atoms with van der Waals surface area (Å²) in [5.74, 6) is 1.74. The third-order valence-electron chi connectivity index (χ3n) is 4.90. The molecule has 1 saturated heterocycles. The van der Waals surface area contributed by atoms with Gasteiger partial charge >= 0.3 is 0 Å². The van der Waals surface area contributed by atoms with Crippen molar-refractivity contribution in [2.75, 3.05) is 46.4 Å². The number of nitrogens with zero attached hydrogens (tertiary/aromatic N) is 2. The van der Waals surface area contributed by atoms with Gasteiger partial charge in [0.15, 0.2) is 5.96 Å². The van der Waals surface area contributed by atoms with Crippen LogP contribution in [-0.4, -0.2) is 63.4 Å². The zero-order valence-electron chi connectivity index (χ0n) is 17.8. The van der Waals surface area contributed by atoms with Gasteiger partial charge in [0.1, 0.15) is 5.75 Å². The van der Waals surface area contributed by atoms with E-state index < -0.39 is 0 Å². The SMILES string of the molecule is CN=C(NCCCOc1ccccc1)NCC(c1cccs1)N1CCOC(C)C1.I. The van der Waals surface area contributed by atoms with Crippen LogP contribution in [0, 0.1) is 0 Å². The fourth-order valence-corrected chi connectivity index (χ4v) is 4.28. The highest BCUT2D eigenvalue weighted by atomic mass is 127. The molecule has 0 aliphatic carbocycles. The number of nitrogens with one attached hydrogen (secondary N) is 2. The van der Waals surface area contributed by atoms with E-state index in [-0.39, 0.29) is 30.1 Å². The van der Waals surface area contributed by atoms with Gasteiger partial charge in [0.2, 0.25) is 0 Å². The van der Waals surface area contributed by atoms with Gasteiger partial charge in [-0.25, -0.2) is 0 Å². The second kappa shape index (κ2) is 13.8. The summed E-state index contributed by atoms with van der Waals surface area (Å²) < 4.78 is 11.5. The molecule has 2 atom stereocenters. The van der Waals surface area contributed by atoms with E-state index in [2.05, 4.69) is 45.0 Å². The third-order valence-corrected chi connectivity index (χ3v) is 5.87. The van der Waals surface area contributed by atoms with E-state index in [4.69, 9.17) is 9.47 Å². The molecule has 6 nitrogen and oxygen atoms in total. The van der Waals surface area contributed by atoms with Gasteiger partial charge in [-0.05, 0) is 36.9 Å². The molecule has 8 heteroatoms. The molecule has 0 spiro atoms. The lowest BCUT2D eigenvalue weighted by Crippen LogP contribution is -2.48. The van der Waals surface area contributed by atoms with Crippen molar-refractivity contribution in [2.24, 2.45) is 4.99 Å². The number of morpholine rings is 1. The Hall–Kier alpha value is -1.36. The number of aliphatic imine (C=N–C) groups is 1. The topological polar surface area (TPSA) is 58.1 Å². The number of hydrogen-bond acceptors (Lipinski definition) is 5. The van der Waals surface area contributed by atoms with Crippen LogP contribution in [0.3, 0.4) is 0 Å². The summed E-state index contributed by atoms with van der Waals surface area (Å²) >= 11 is 1.81. The average molecular weight is 545 g/mol. The van der Waals surface area contributed by atoms with Gasteiger partial charge in [-0.3, -0.25) is 9.89 Å². The van der Waals surface area contributed by atoms with Crippen molar-refractivity contribution in [1.82, 2.24) is 15.5 Å². The van der Waals surface area contributed by atoms with Crippen LogP contribution in [0.4, 0.5) is 0 Å². The van der Waals surface area contributed by atoms with Crippen molar-refractivity contribution in [3.05, 3.63) is 52.7 Å². The van der Waals surface area contributed by atoms with Gasteiger partial charge < -0.3 is 20.1 Å². The zero-order chi connectivity index (χ0) is 20.3. The number of thiophene rings is 1. The minimum atomic E-state index is 0. The number of para-hydroxylation sites is 1. The number of hydrogen-bond donors (Lipinski definition) is 2. The zero-order valence-corrected chi connectivity index (χ0v) is 20.9. The first-order valence-electron chi connectivity index (χ1n) is 10.3. The molecule has 30 heavy (non-hydrogen) atoms. The minimum absolute atomic E-state index is 0. The highest BCUT2D eigenvalue weighted by Gasteiger charge is 2.26. The van der Waals surface area contributed by atoms with E-state index >= 15 is 0 Å². The van der Waals surface area contributed by atoms with Crippen molar-refractivity contribution in [1.29, 1.82) is 0 Å². The Morgan fingerprint density at radius 2 is 2.10 bits per heavy atom. The average Bonchev–Trinajstić information content (AvgIpc) is 3.27. The Bertz CT molecular complexity index is 730. The van der Waals surface area contributed by atoms with Crippen LogP contribution in [0.2, 0.25) is 0 Å². The minimum Gasteiger partial charge on any atom is -0.494 e. The molecule has 166 valence electrons. The molecule has 2 heterocycles. The van der Waals surface area contributed by atoms with Crippen molar-refractivity contribution in [3.8, 4) is 5.75 Å². The van der Waals surface area contributed by atoms with Gasteiger partial charge in [0, 0.05) is 38.1 Å². The van der Waals surface area contributed by atoms with Gasteiger partial charge in [-0.15, -0.1) is 35.3 Å². The number of ether oxygens (including phenoxy) is 2. The van der Waals surface area contributed by atoms with Crippen LogP contribution >= 0.6 is 35.3 Å². The lowest BCUT2D eigenvalue weighted by atomic mass is 10.1. The number of guanidine groups is 1. The number of halogens is 1. The summed E-state index contributed by atoms with van der Waals surface area (Å²) in [6, 6.07) is 14.6. The molecule has 1 aromatic heterocycles. The third kappa shape index (κ3) is 8.05. The van der Waals surface area contributed by atoms with Crippen LogP contribution in [0.1, 0.15) is 24.3 Å². The maximum atomic E-state index is 5.74. The van der Waals surface area contributed by atoms with Crippen molar-refractivity contribution < 1.29 is 9.47 Å².